The Morgan fingerprint density at radius 2 is 2.33 bits per heavy atom. The fourth-order valence-electron chi connectivity index (χ4n) is 0.470. The molecule has 0 amide bonds. The predicted octanol–water partition coefficient (Wildman–Crippen LogP) is 0.758. The molecule has 0 bridgehead atoms. The molecule has 0 heterocycles. The molecule has 52 valence electrons. The standard InChI is InChI=1S/C7H12O2/c1-3-6(2)7(9)4-5-8/h3,5-7,9H,1,4H2,2H3/t6-,7+/m1/s1. The summed E-state index contributed by atoms with van der Waals surface area (Å²) in [7, 11) is 0. The number of hydrogen-bond donors (Lipinski definition) is 1. The molecular formula is C7H12O2. The van der Waals surface area contributed by atoms with Crippen LogP contribution in [0.5, 0.6) is 0 Å². The van der Waals surface area contributed by atoms with E-state index in [1.165, 1.54) is 0 Å². The van der Waals surface area contributed by atoms with Crippen LogP contribution in [0.15, 0.2) is 12.7 Å². The highest BCUT2D eigenvalue weighted by atomic mass is 16.3. The van der Waals surface area contributed by atoms with Crippen molar-refractivity contribution in [3.8, 4) is 0 Å². The van der Waals surface area contributed by atoms with Crippen molar-refractivity contribution in [1.29, 1.82) is 0 Å². The molecule has 0 spiro atoms. The number of carbonyl (C=O) groups is 1. The molecule has 2 heteroatoms. The van der Waals surface area contributed by atoms with Gasteiger partial charge in [0.15, 0.2) is 0 Å². The molecule has 0 aromatic carbocycles. The van der Waals surface area contributed by atoms with Gasteiger partial charge in [0.25, 0.3) is 0 Å². The average Bonchev–Trinajstić information content (AvgIpc) is 1.87. The van der Waals surface area contributed by atoms with Crippen molar-refractivity contribution in [2.75, 3.05) is 0 Å². The molecule has 0 unspecified atom stereocenters. The fourth-order valence-corrected chi connectivity index (χ4v) is 0.470. The number of aliphatic hydroxyl groups is 1. The zero-order valence-electron chi connectivity index (χ0n) is 5.58. The number of hydrogen-bond acceptors (Lipinski definition) is 2. The maximum Gasteiger partial charge on any atom is 0.122 e. The van der Waals surface area contributed by atoms with Gasteiger partial charge in [0.2, 0.25) is 0 Å². The third kappa shape index (κ3) is 3.03. The second-order valence-electron chi connectivity index (χ2n) is 2.06. The first-order valence-corrected chi connectivity index (χ1v) is 2.96. The molecule has 9 heavy (non-hydrogen) atoms. The van der Waals surface area contributed by atoms with Crippen LogP contribution in [0.2, 0.25) is 0 Å². The molecule has 0 aromatic rings. The topological polar surface area (TPSA) is 37.3 Å². The number of carbonyl (C=O) groups excluding carboxylic acids is 1. The van der Waals surface area contributed by atoms with Gasteiger partial charge in [-0.1, -0.05) is 13.0 Å². The van der Waals surface area contributed by atoms with E-state index in [9.17, 15) is 4.79 Å². The minimum atomic E-state index is -0.556. The van der Waals surface area contributed by atoms with Gasteiger partial charge in [0.1, 0.15) is 6.29 Å². The summed E-state index contributed by atoms with van der Waals surface area (Å²) in [6.07, 6.45) is 1.99. The van der Waals surface area contributed by atoms with Gasteiger partial charge in [-0.25, -0.2) is 0 Å². The van der Waals surface area contributed by atoms with Gasteiger partial charge in [-0.2, -0.15) is 0 Å². The maximum atomic E-state index is 9.84. The highest BCUT2D eigenvalue weighted by Crippen LogP contribution is 2.05. The quantitative estimate of drug-likeness (QED) is 0.448. The van der Waals surface area contributed by atoms with Crippen LogP contribution in [0.4, 0.5) is 0 Å². The summed E-state index contributed by atoms with van der Waals surface area (Å²) < 4.78 is 0. The van der Waals surface area contributed by atoms with E-state index in [2.05, 4.69) is 6.58 Å². The Balaban J connectivity index is 3.56. The molecule has 0 aliphatic rings. The number of aldehydes is 1. The van der Waals surface area contributed by atoms with E-state index in [1.54, 1.807) is 6.08 Å². The lowest BCUT2D eigenvalue weighted by Crippen LogP contribution is -2.15. The summed E-state index contributed by atoms with van der Waals surface area (Å²) in [6, 6.07) is 0. The molecule has 0 rings (SSSR count). The number of aliphatic hydroxyl groups excluding tert-OH is 1. The Morgan fingerprint density at radius 3 is 2.67 bits per heavy atom. The predicted molar refractivity (Wildman–Crippen MR) is 36.0 cm³/mol. The van der Waals surface area contributed by atoms with Crippen molar-refractivity contribution < 1.29 is 9.90 Å². The second-order valence-corrected chi connectivity index (χ2v) is 2.06. The molecule has 0 aromatic heterocycles. The van der Waals surface area contributed by atoms with Crippen LogP contribution in [0.25, 0.3) is 0 Å². The molecule has 1 N–H and O–H groups in total. The third-order valence-electron chi connectivity index (χ3n) is 1.32. The van der Waals surface area contributed by atoms with Gasteiger partial charge < -0.3 is 9.90 Å². The van der Waals surface area contributed by atoms with E-state index < -0.39 is 6.10 Å². The molecule has 0 saturated carbocycles. The zero-order chi connectivity index (χ0) is 7.28. The highest BCUT2D eigenvalue weighted by molar-refractivity contribution is 5.50. The van der Waals surface area contributed by atoms with Gasteiger partial charge in [0.05, 0.1) is 6.10 Å². The van der Waals surface area contributed by atoms with Gasteiger partial charge in [-0.05, 0) is 0 Å². The fraction of sp³-hybridized carbons (Fsp3) is 0.571. The molecule has 0 radical (unpaired) electrons. The van der Waals surface area contributed by atoms with Crippen molar-refractivity contribution >= 4 is 6.29 Å². The van der Waals surface area contributed by atoms with Crippen LogP contribution >= 0.6 is 0 Å². The Morgan fingerprint density at radius 1 is 1.78 bits per heavy atom. The lowest BCUT2D eigenvalue weighted by Gasteiger charge is -2.10. The molecular weight excluding hydrogens is 116 g/mol. The maximum absolute atomic E-state index is 9.84. The monoisotopic (exact) mass is 128 g/mol. The average molecular weight is 128 g/mol. The van der Waals surface area contributed by atoms with Crippen LogP contribution in [0.3, 0.4) is 0 Å². The van der Waals surface area contributed by atoms with E-state index in [4.69, 9.17) is 5.11 Å². The minimum absolute atomic E-state index is 0.00944. The summed E-state index contributed by atoms with van der Waals surface area (Å²) in [5.74, 6) is 0.00944. The van der Waals surface area contributed by atoms with E-state index in [-0.39, 0.29) is 12.3 Å². The van der Waals surface area contributed by atoms with E-state index in [1.807, 2.05) is 6.92 Å². The molecule has 0 aliphatic heterocycles. The largest absolute Gasteiger partial charge is 0.392 e. The lowest BCUT2D eigenvalue weighted by atomic mass is 10.0. The van der Waals surface area contributed by atoms with Gasteiger partial charge in [-0.15, -0.1) is 6.58 Å². The van der Waals surface area contributed by atoms with Crippen molar-refractivity contribution in [2.24, 2.45) is 5.92 Å². The van der Waals surface area contributed by atoms with Crippen LogP contribution in [-0.4, -0.2) is 17.5 Å². The summed E-state index contributed by atoms with van der Waals surface area (Å²) in [6.45, 7) is 5.31. The Kier molecular flexibility index (Phi) is 3.97. The van der Waals surface area contributed by atoms with Crippen LogP contribution in [0.1, 0.15) is 13.3 Å². The van der Waals surface area contributed by atoms with Crippen LogP contribution in [-0.2, 0) is 4.79 Å². The summed E-state index contributed by atoms with van der Waals surface area (Å²) in [4.78, 5) is 9.84. The number of rotatable bonds is 4. The first-order chi connectivity index (χ1) is 4.22. The van der Waals surface area contributed by atoms with E-state index in [0.717, 1.165) is 0 Å². The van der Waals surface area contributed by atoms with Crippen molar-refractivity contribution in [3.05, 3.63) is 12.7 Å². The third-order valence-corrected chi connectivity index (χ3v) is 1.32. The molecule has 2 nitrogen and oxygen atoms in total. The van der Waals surface area contributed by atoms with Crippen molar-refractivity contribution in [2.45, 2.75) is 19.4 Å². The van der Waals surface area contributed by atoms with Gasteiger partial charge in [0, 0.05) is 12.3 Å². The van der Waals surface area contributed by atoms with Crippen LogP contribution in [0, 0.1) is 5.92 Å². The second kappa shape index (κ2) is 4.27. The summed E-state index contributed by atoms with van der Waals surface area (Å²) >= 11 is 0. The SMILES string of the molecule is C=C[C@@H](C)[C@@H](O)CC=O. The summed E-state index contributed by atoms with van der Waals surface area (Å²) in [5.41, 5.74) is 0. The molecule has 2 atom stereocenters. The molecule has 0 saturated heterocycles. The molecule has 0 fully saturated rings. The zero-order valence-corrected chi connectivity index (χ0v) is 5.58. The van der Waals surface area contributed by atoms with Crippen molar-refractivity contribution in [1.82, 2.24) is 0 Å². The molecule has 0 aliphatic carbocycles. The summed E-state index contributed by atoms with van der Waals surface area (Å²) in [5, 5.41) is 9.02. The van der Waals surface area contributed by atoms with Gasteiger partial charge in [-0.3, -0.25) is 0 Å². The van der Waals surface area contributed by atoms with Crippen molar-refractivity contribution in [3.63, 3.8) is 0 Å². The smallest absolute Gasteiger partial charge is 0.122 e. The Labute approximate surface area is 55.2 Å². The Bertz CT molecular complexity index is 99.1. The normalized spacial score (nSPS) is 16.2. The lowest BCUT2D eigenvalue weighted by molar-refractivity contribution is -0.109. The Hall–Kier alpha value is -0.630. The van der Waals surface area contributed by atoms with Gasteiger partial charge >= 0.3 is 0 Å². The first-order valence-electron chi connectivity index (χ1n) is 2.96. The van der Waals surface area contributed by atoms with E-state index in [0.29, 0.717) is 6.29 Å². The first kappa shape index (κ1) is 8.37. The van der Waals surface area contributed by atoms with Crippen LogP contribution < -0.4 is 0 Å². The highest BCUT2D eigenvalue weighted by Gasteiger charge is 2.08. The minimum Gasteiger partial charge on any atom is -0.392 e. The van der Waals surface area contributed by atoms with E-state index >= 15 is 0 Å².